The van der Waals surface area contributed by atoms with Gasteiger partial charge in [-0.1, -0.05) is 27.6 Å². The maximum atomic E-state index is 12.3. The highest BCUT2D eigenvalue weighted by Crippen LogP contribution is 2.42. The molecule has 1 aliphatic heterocycles. The van der Waals surface area contributed by atoms with Gasteiger partial charge in [0.1, 0.15) is 23.7 Å². The number of carbonyl (C=O) groups excluding carboxylic acids is 1. The lowest BCUT2D eigenvalue weighted by Gasteiger charge is -2.19. The van der Waals surface area contributed by atoms with Gasteiger partial charge in [-0.05, 0) is 25.8 Å². The summed E-state index contributed by atoms with van der Waals surface area (Å²) in [6.45, 7) is 5.09. The maximum Gasteiger partial charge on any atom is 0.342 e. The summed E-state index contributed by atoms with van der Waals surface area (Å²) in [6.07, 6.45) is 2.66. The van der Waals surface area contributed by atoms with Gasteiger partial charge >= 0.3 is 5.97 Å². The van der Waals surface area contributed by atoms with E-state index in [9.17, 15) is 4.79 Å². The third-order valence-corrected chi connectivity index (χ3v) is 5.09. The van der Waals surface area contributed by atoms with E-state index in [0.29, 0.717) is 36.7 Å². The quantitative estimate of drug-likeness (QED) is 0.186. The Labute approximate surface area is 162 Å². The minimum atomic E-state index is -0.375. The lowest BCUT2D eigenvalue weighted by atomic mass is 9.95. The maximum absolute atomic E-state index is 12.3. The van der Waals surface area contributed by atoms with Crippen molar-refractivity contribution in [2.45, 2.75) is 26.9 Å². The summed E-state index contributed by atoms with van der Waals surface area (Å²) in [7, 11) is 3.23. The van der Waals surface area contributed by atoms with Gasteiger partial charge in [0.05, 0.1) is 20.3 Å². The average Bonchev–Trinajstić information content (AvgIpc) is 3.03. The van der Waals surface area contributed by atoms with E-state index >= 15 is 0 Å². The number of halogens is 1. The summed E-state index contributed by atoms with van der Waals surface area (Å²) in [5, 5.41) is 0.775. The van der Waals surface area contributed by atoms with Crippen LogP contribution in [0.5, 0.6) is 11.5 Å². The van der Waals surface area contributed by atoms with Gasteiger partial charge in [0.25, 0.3) is 0 Å². The minimum Gasteiger partial charge on any atom is -0.496 e. The van der Waals surface area contributed by atoms with E-state index in [2.05, 4.69) is 22.0 Å². The zero-order valence-electron chi connectivity index (χ0n) is 15.6. The highest BCUT2D eigenvalue weighted by Gasteiger charge is 2.33. The molecule has 7 heteroatoms. The molecule has 0 bridgehead atoms. The smallest absolute Gasteiger partial charge is 0.342 e. The number of esters is 1. The van der Waals surface area contributed by atoms with Crippen LogP contribution in [-0.4, -0.2) is 45.5 Å². The first-order chi connectivity index (χ1) is 12.5. The largest absolute Gasteiger partial charge is 0.496 e. The molecule has 144 valence electrons. The number of cyclic esters (lactones) is 1. The van der Waals surface area contributed by atoms with E-state index in [1.807, 2.05) is 13.8 Å². The highest BCUT2D eigenvalue weighted by atomic mass is 79.9. The predicted molar refractivity (Wildman–Crippen MR) is 101 cm³/mol. The summed E-state index contributed by atoms with van der Waals surface area (Å²) in [6, 6.07) is 0. The van der Waals surface area contributed by atoms with Crippen LogP contribution in [0.1, 0.15) is 34.0 Å². The van der Waals surface area contributed by atoms with Crippen LogP contribution in [0.3, 0.4) is 0 Å². The normalized spacial score (nSPS) is 13.6. The molecule has 1 heterocycles. The average molecular weight is 429 g/mol. The molecule has 6 nitrogen and oxygen atoms in total. The van der Waals surface area contributed by atoms with Crippen LogP contribution in [0.2, 0.25) is 0 Å². The van der Waals surface area contributed by atoms with Crippen LogP contribution >= 0.6 is 15.9 Å². The third-order valence-electron chi connectivity index (χ3n) is 4.21. The Hall–Kier alpha value is -1.57. The van der Waals surface area contributed by atoms with Crippen molar-refractivity contribution in [1.82, 2.24) is 0 Å². The Balaban J connectivity index is 2.42. The number of ether oxygens (including phenoxy) is 5. The van der Waals surface area contributed by atoms with Crippen molar-refractivity contribution >= 4 is 21.9 Å². The number of carbonyl (C=O) groups is 1. The number of hydrogen-bond donors (Lipinski definition) is 0. The summed E-state index contributed by atoms with van der Waals surface area (Å²) in [4.78, 5) is 12.3. The van der Waals surface area contributed by atoms with E-state index < -0.39 is 0 Å². The van der Waals surface area contributed by atoms with E-state index in [1.165, 1.54) is 5.57 Å². The molecule has 1 aromatic carbocycles. The number of alkyl halides is 1. The van der Waals surface area contributed by atoms with Crippen LogP contribution in [0.4, 0.5) is 0 Å². The molecule has 26 heavy (non-hydrogen) atoms. The summed E-state index contributed by atoms with van der Waals surface area (Å²) in [5.41, 5.74) is 4.18. The van der Waals surface area contributed by atoms with E-state index in [-0.39, 0.29) is 19.4 Å². The summed E-state index contributed by atoms with van der Waals surface area (Å²) < 4.78 is 27.1. The monoisotopic (exact) mass is 428 g/mol. The first-order valence-electron chi connectivity index (χ1n) is 8.35. The van der Waals surface area contributed by atoms with Gasteiger partial charge in [-0.3, -0.25) is 0 Å². The molecule has 0 spiro atoms. The summed E-state index contributed by atoms with van der Waals surface area (Å²) in [5.74, 6) is 0.814. The molecule has 1 aliphatic rings. The zero-order valence-corrected chi connectivity index (χ0v) is 17.2. The Morgan fingerprint density at radius 3 is 2.69 bits per heavy atom. The Bertz CT molecular complexity index is 683. The van der Waals surface area contributed by atoms with Crippen molar-refractivity contribution in [2.24, 2.45) is 0 Å². The number of methoxy groups -OCH3 is 2. The third kappa shape index (κ3) is 4.58. The van der Waals surface area contributed by atoms with Gasteiger partial charge in [-0.2, -0.15) is 0 Å². The molecule has 0 aromatic heterocycles. The number of allylic oxidation sites excluding steroid dienone is 2. The predicted octanol–water partition coefficient (Wildman–Crippen LogP) is 3.56. The fourth-order valence-corrected chi connectivity index (χ4v) is 3.03. The molecule has 0 saturated heterocycles. The van der Waals surface area contributed by atoms with Crippen molar-refractivity contribution in [2.75, 3.05) is 39.6 Å². The van der Waals surface area contributed by atoms with Gasteiger partial charge in [-0.15, -0.1) is 0 Å². The second-order valence-corrected chi connectivity index (χ2v) is 6.51. The fraction of sp³-hybridized carbons (Fsp3) is 0.526. The number of rotatable bonds is 10. The van der Waals surface area contributed by atoms with Crippen LogP contribution in [-0.2, 0) is 27.2 Å². The minimum absolute atomic E-state index is 0.0173. The van der Waals surface area contributed by atoms with Gasteiger partial charge < -0.3 is 23.7 Å². The molecule has 0 aliphatic carbocycles. The number of benzene rings is 1. The Morgan fingerprint density at radius 2 is 2.04 bits per heavy atom. The van der Waals surface area contributed by atoms with Crippen molar-refractivity contribution in [1.29, 1.82) is 0 Å². The van der Waals surface area contributed by atoms with Crippen LogP contribution in [0, 0.1) is 6.92 Å². The van der Waals surface area contributed by atoms with Crippen LogP contribution in [0.25, 0.3) is 0 Å². The molecule has 1 aromatic rings. The zero-order chi connectivity index (χ0) is 19.1. The topological polar surface area (TPSA) is 63.2 Å². The van der Waals surface area contributed by atoms with Gasteiger partial charge in [-0.25, -0.2) is 4.79 Å². The number of hydrogen-bond acceptors (Lipinski definition) is 6. The SMILES string of the molecule is COCCOCOc1c(C/C=C(\C)CBr)c(OC)c(C)c2c1C(=O)OC2. The fourth-order valence-electron chi connectivity index (χ4n) is 2.80. The molecule has 0 fully saturated rings. The summed E-state index contributed by atoms with van der Waals surface area (Å²) >= 11 is 3.45. The lowest BCUT2D eigenvalue weighted by Crippen LogP contribution is -2.13. The van der Waals surface area contributed by atoms with Crippen LogP contribution < -0.4 is 9.47 Å². The molecular weight excluding hydrogens is 404 g/mol. The standard InChI is InChI=1S/C19H25BrO6/c1-12(9-20)5-6-14-17(23-4)13(2)15-10-25-19(21)16(15)18(14)26-11-24-8-7-22-3/h5H,6-11H2,1-4H3/b12-5+. The van der Waals surface area contributed by atoms with E-state index in [1.54, 1.807) is 14.2 Å². The highest BCUT2D eigenvalue weighted by molar-refractivity contribution is 9.09. The van der Waals surface area contributed by atoms with E-state index in [4.69, 9.17) is 23.7 Å². The lowest BCUT2D eigenvalue weighted by molar-refractivity contribution is -0.00934. The van der Waals surface area contributed by atoms with Crippen molar-refractivity contribution in [3.05, 3.63) is 33.9 Å². The second-order valence-electron chi connectivity index (χ2n) is 5.95. The molecule has 0 unspecified atom stereocenters. The second kappa shape index (κ2) is 9.94. The first-order valence-corrected chi connectivity index (χ1v) is 9.47. The first kappa shape index (κ1) is 20.7. The number of fused-ring (bicyclic) bond motifs is 1. The van der Waals surface area contributed by atoms with Crippen molar-refractivity contribution < 1.29 is 28.5 Å². The van der Waals surface area contributed by atoms with Crippen LogP contribution in [0.15, 0.2) is 11.6 Å². The Kier molecular flexibility index (Phi) is 7.93. The van der Waals surface area contributed by atoms with Gasteiger partial charge in [0.2, 0.25) is 0 Å². The molecular formula is C19H25BrO6. The molecule has 0 saturated carbocycles. The van der Waals surface area contributed by atoms with Crippen molar-refractivity contribution in [3.63, 3.8) is 0 Å². The Morgan fingerprint density at radius 1 is 1.27 bits per heavy atom. The molecule has 2 rings (SSSR count). The van der Waals surface area contributed by atoms with Crippen molar-refractivity contribution in [3.8, 4) is 11.5 Å². The molecule has 0 amide bonds. The van der Waals surface area contributed by atoms with E-state index in [0.717, 1.165) is 22.0 Å². The molecule has 0 atom stereocenters. The molecule has 0 radical (unpaired) electrons. The molecule has 0 N–H and O–H groups in total. The van der Waals surface area contributed by atoms with Gasteiger partial charge in [0.15, 0.2) is 6.79 Å². The van der Waals surface area contributed by atoms with Gasteiger partial charge in [0, 0.05) is 23.6 Å².